The highest BCUT2D eigenvalue weighted by Gasteiger charge is 2.23. The number of piperazine rings is 1. The fourth-order valence-electron chi connectivity index (χ4n) is 3.30. The molecule has 1 fully saturated rings. The minimum Gasteiger partial charge on any atom is -0.335 e. The predicted octanol–water partition coefficient (Wildman–Crippen LogP) is 3.85. The Bertz CT molecular complexity index is 918. The summed E-state index contributed by atoms with van der Waals surface area (Å²) in [7, 11) is 0. The van der Waals surface area contributed by atoms with E-state index in [0.29, 0.717) is 5.69 Å². The topological polar surface area (TPSA) is 36.4 Å². The summed E-state index contributed by atoms with van der Waals surface area (Å²) in [5.74, 6) is 0.0156. The Morgan fingerprint density at radius 2 is 1.65 bits per heavy atom. The van der Waals surface area contributed by atoms with Crippen molar-refractivity contribution >= 4 is 28.4 Å². The zero-order valence-electron chi connectivity index (χ0n) is 14.4. The normalized spacial score (nSPS) is 15.3. The summed E-state index contributed by atoms with van der Waals surface area (Å²) < 4.78 is 0. The van der Waals surface area contributed by atoms with E-state index < -0.39 is 0 Å². The maximum atomic E-state index is 12.8. The van der Waals surface area contributed by atoms with Gasteiger partial charge in [-0.3, -0.25) is 9.69 Å². The van der Waals surface area contributed by atoms with Gasteiger partial charge in [-0.05, 0) is 29.8 Å². The SMILES string of the molecule is O=C(c1ccc2ccccc2n1)N1CCN(Cc2ccc(Cl)cc2)CC1. The van der Waals surface area contributed by atoms with Gasteiger partial charge in [0.2, 0.25) is 0 Å². The second-order valence-corrected chi connectivity index (χ2v) is 7.02. The van der Waals surface area contributed by atoms with Gasteiger partial charge >= 0.3 is 0 Å². The molecule has 26 heavy (non-hydrogen) atoms. The molecule has 0 N–H and O–H groups in total. The van der Waals surface area contributed by atoms with Crippen molar-refractivity contribution in [2.45, 2.75) is 6.54 Å². The fraction of sp³-hybridized carbons (Fsp3) is 0.238. The Balaban J connectivity index is 1.38. The molecule has 2 aromatic carbocycles. The second kappa shape index (κ2) is 7.44. The Labute approximate surface area is 158 Å². The number of hydrogen-bond acceptors (Lipinski definition) is 3. The van der Waals surface area contributed by atoms with E-state index in [-0.39, 0.29) is 5.91 Å². The number of halogens is 1. The summed E-state index contributed by atoms with van der Waals surface area (Å²) in [5, 5.41) is 1.81. The molecule has 0 spiro atoms. The van der Waals surface area contributed by atoms with Crippen molar-refractivity contribution in [3.8, 4) is 0 Å². The average molecular weight is 366 g/mol. The van der Waals surface area contributed by atoms with Gasteiger partial charge in [0.1, 0.15) is 5.69 Å². The average Bonchev–Trinajstić information content (AvgIpc) is 2.69. The fourth-order valence-corrected chi connectivity index (χ4v) is 3.43. The van der Waals surface area contributed by atoms with Crippen molar-refractivity contribution in [1.29, 1.82) is 0 Å². The van der Waals surface area contributed by atoms with Crippen molar-refractivity contribution < 1.29 is 4.79 Å². The third-order valence-corrected chi connectivity index (χ3v) is 5.05. The molecule has 4 nitrogen and oxygen atoms in total. The number of para-hydroxylation sites is 1. The van der Waals surface area contributed by atoms with Gasteiger partial charge in [-0.2, -0.15) is 0 Å². The Morgan fingerprint density at radius 1 is 0.923 bits per heavy atom. The quantitative estimate of drug-likeness (QED) is 0.707. The van der Waals surface area contributed by atoms with Crippen LogP contribution in [0.4, 0.5) is 0 Å². The van der Waals surface area contributed by atoms with Crippen LogP contribution in [0, 0.1) is 0 Å². The van der Waals surface area contributed by atoms with E-state index in [9.17, 15) is 4.79 Å². The van der Waals surface area contributed by atoms with Crippen molar-refractivity contribution in [1.82, 2.24) is 14.8 Å². The minimum absolute atomic E-state index is 0.0156. The largest absolute Gasteiger partial charge is 0.335 e. The summed E-state index contributed by atoms with van der Waals surface area (Å²) in [6.45, 7) is 4.05. The molecule has 1 aromatic heterocycles. The van der Waals surface area contributed by atoms with Crippen LogP contribution in [-0.2, 0) is 6.54 Å². The van der Waals surface area contributed by atoms with Gasteiger partial charge in [-0.25, -0.2) is 4.98 Å². The standard InChI is InChI=1S/C21H20ClN3O/c22-18-8-5-16(6-9-18)15-24-11-13-25(14-12-24)21(26)20-10-7-17-3-1-2-4-19(17)23-20/h1-10H,11-15H2. The number of benzene rings is 2. The van der Waals surface area contributed by atoms with E-state index in [1.165, 1.54) is 5.56 Å². The lowest BCUT2D eigenvalue weighted by molar-refractivity contribution is 0.0623. The molecule has 0 saturated carbocycles. The first-order chi connectivity index (χ1) is 12.7. The van der Waals surface area contributed by atoms with Crippen molar-refractivity contribution in [2.75, 3.05) is 26.2 Å². The van der Waals surface area contributed by atoms with Crippen LogP contribution < -0.4 is 0 Å². The van der Waals surface area contributed by atoms with Crippen LogP contribution in [0.25, 0.3) is 10.9 Å². The monoisotopic (exact) mass is 365 g/mol. The zero-order chi connectivity index (χ0) is 17.9. The van der Waals surface area contributed by atoms with E-state index in [2.05, 4.69) is 22.0 Å². The first kappa shape index (κ1) is 17.0. The predicted molar refractivity (Wildman–Crippen MR) is 104 cm³/mol. The maximum Gasteiger partial charge on any atom is 0.272 e. The van der Waals surface area contributed by atoms with Crippen LogP contribution in [0.1, 0.15) is 16.1 Å². The molecular formula is C21H20ClN3O. The van der Waals surface area contributed by atoms with Gasteiger partial charge in [0.05, 0.1) is 5.52 Å². The third-order valence-electron chi connectivity index (χ3n) is 4.80. The van der Waals surface area contributed by atoms with Crippen molar-refractivity contribution in [3.63, 3.8) is 0 Å². The first-order valence-electron chi connectivity index (χ1n) is 8.81. The molecule has 3 aromatic rings. The molecule has 5 heteroatoms. The zero-order valence-corrected chi connectivity index (χ0v) is 15.2. The Morgan fingerprint density at radius 3 is 2.42 bits per heavy atom. The van der Waals surface area contributed by atoms with E-state index in [0.717, 1.165) is 48.6 Å². The number of aromatic nitrogens is 1. The number of carbonyl (C=O) groups excluding carboxylic acids is 1. The molecule has 0 bridgehead atoms. The van der Waals surface area contributed by atoms with E-state index >= 15 is 0 Å². The summed E-state index contributed by atoms with van der Waals surface area (Å²) in [6, 6.07) is 19.6. The van der Waals surface area contributed by atoms with E-state index in [4.69, 9.17) is 11.6 Å². The van der Waals surface area contributed by atoms with Crippen molar-refractivity contribution in [3.05, 3.63) is 76.9 Å². The van der Waals surface area contributed by atoms with Gasteiger partial charge in [0, 0.05) is 43.1 Å². The lowest BCUT2D eigenvalue weighted by atomic mass is 10.1. The molecule has 0 radical (unpaired) electrons. The second-order valence-electron chi connectivity index (χ2n) is 6.58. The molecule has 0 aliphatic carbocycles. The summed E-state index contributed by atoms with van der Waals surface area (Å²) >= 11 is 5.94. The molecule has 1 amide bonds. The van der Waals surface area contributed by atoms with Crippen LogP contribution in [0.3, 0.4) is 0 Å². The highest BCUT2D eigenvalue weighted by atomic mass is 35.5. The van der Waals surface area contributed by atoms with Crippen LogP contribution in [0.5, 0.6) is 0 Å². The molecule has 1 saturated heterocycles. The van der Waals surface area contributed by atoms with Crippen LogP contribution >= 0.6 is 11.6 Å². The first-order valence-corrected chi connectivity index (χ1v) is 9.19. The number of hydrogen-bond donors (Lipinski definition) is 0. The lowest BCUT2D eigenvalue weighted by Crippen LogP contribution is -2.48. The van der Waals surface area contributed by atoms with Crippen LogP contribution in [0.2, 0.25) is 5.02 Å². The third kappa shape index (κ3) is 3.71. The molecule has 1 aliphatic heterocycles. The number of amides is 1. The summed E-state index contributed by atoms with van der Waals surface area (Å²) in [5.41, 5.74) is 2.62. The molecular weight excluding hydrogens is 346 g/mol. The number of carbonyl (C=O) groups is 1. The summed E-state index contributed by atoms with van der Waals surface area (Å²) in [4.78, 5) is 21.6. The lowest BCUT2D eigenvalue weighted by Gasteiger charge is -2.34. The van der Waals surface area contributed by atoms with Gasteiger partial charge in [-0.15, -0.1) is 0 Å². The van der Waals surface area contributed by atoms with Gasteiger partial charge < -0.3 is 4.90 Å². The van der Waals surface area contributed by atoms with Crippen LogP contribution in [0.15, 0.2) is 60.7 Å². The molecule has 132 valence electrons. The Kier molecular flexibility index (Phi) is 4.87. The smallest absolute Gasteiger partial charge is 0.272 e. The minimum atomic E-state index is 0.0156. The van der Waals surface area contributed by atoms with Crippen LogP contribution in [-0.4, -0.2) is 46.9 Å². The van der Waals surface area contributed by atoms with Crippen molar-refractivity contribution in [2.24, 2.45) is 0 Å². The van der Waals surface area contributed by atoms with Gasteiger partial charge in [0.25, 0.3) is 5.91 Å². The van der Waals surface area contributed by atoms with E-state index in [1.54, 1.807) is 0 Å². The van der Waals surface area contributed by atoms with E-state index in [1.807, 2.05) is 53.4 Å². The maximum absolute atomic E-state index is 12.8. The molecule has 0 unspecified atom stereocenters. The molecule has 0 atom stereocenters. The highest BCUT2D eigenvalue weighted by Crippen LogP contribution is 2.16. The number of pyridine rings is 1. The van der Waals surface area contributed by atoms with Gasteiger partial charge in [-0.1, -0.05) is 48.0 Å². The number of rotatable bonds is 3. The molecule has 4 rings (SSSR count). The number of fused-ring (bicyclic) bond motifs is 1. The Hall–Kier alpha value is -2.43. The number of nitrogens with zero attached hydrogens (tertiary/aromatic N) is 3. The highest BCUT2D eigenvalue weighted by molar-refractivity contribution is 6.30. The van der Waals surface area contributed by atoms with Gasteiger partial charge in [0.15, 0.2) is 0 Å². The molecule has 2 heterocycles. The summed E-state index contributed by atoms with van der Waals surface area (Å²) in [6.07, 6.45) is 0. The molecule has 1 aliphatic rings.